The van der Waals surface area contributed by atoms with Crippen LogP contribution in [-0.2, 0) is 11.2 Å². The Bertz CT molecular complexity index is 1610. The lowest BCUT2D eigenvalue weighted by atomic mass is 10.1. The van der Waals surface area contributed by atoms with Crippen molar-refractivity contribution < 1.29 is 4.79 Å². The van der Waals surface area contributed by atoms with Crippen molar-refractivity contribution in [1.82, 2.24) is 9.58 Å². The zero-order valence-electron chi connectivity index (χ0n) is 19.1. The molecule has 4 aromatic rings. The van der Waals surface area contributed by atoms with Crippen molar-refractivity contribution in [1.29, 1.82) is 5.41 Å². The fourth-order valence-electron chi connectivity index (χ4n) is 4.47. The second-order valence-electron chi connectivity index (χ2n) is 8.46. The molecular weight excluding hydrogens is 474 g/mol. The topological polar surface area (TPSA) is 73.8 Å². The second kappa shape index (κ2) is 8.48. The molecule has 1 N–H and O–H groups in total. The molecule has 0 atom stereocenters. The Morgan fingerprint density at radius 2 is 1.86 bits per heavy atom. The minimum atomic E-state index is -0.406. The largest absolute Gasteiger partial charge is 0.318 e. The van der Waals surface area contributed by atoms with Gasteiger partial charge in [0.25, 0.3) is 5.91 Å². The molecule has 2 aliphatic rings. The number of hydrazone groups is 1. The predicted molar refractivity (Wildman–Crippen MR) is 146 cm³/mol. The maximum absolute atomic E-state index is 12.9. The van der Waals surface area contributed by atoms with Gasteiger partial charge in [0.15, 0.2) is 5.84 Å². The first kappa shape index (κ1) is 21.8. The molecule has 0 saturated carbocycles. The van der Waals surface area contributed by atoms with Gasteiger partial charge in [-0.1, -0.05) is 36.4 Å². The number of benzene rings is 2. The monoisotopic (exact) mass is 495 g/mol. The first-order chi connectivity index (χ1) is 17.0. The molecule has 0 spiro atoms. The Hall–Kier alpha value is -3.75. The molecule has 35 heavy (non-hydrogen) atoms. The highest BCUT2D eigenvalue weighted by Gasteiger charge is 2.35. The molecule has 2 aromatic carbocycles. The summed E-state index contributed by atoms with van der Waals surface area (Å²) in [5.74, 6) is -0.346. The fraction of sp³-hybridized carbons (Fsp3) is 0.111. The van der Waals surface area contributed by atoms with Crippen LogP contribution in [0.2, 0.25) is 0 Å². The number of hydrogen-bond donors (Lipinski definition) is 1. The van der Waals surface area contributed by atoms with Gasteiger partial charge in [0.2, 0.25) is 5.17 Å². The van der Waals surface area contributed by atoms with Gasteiger partial charge in [0.05, 0.1) is 5.57 Å². The molecule has 8 heteroatoms. The zero-order valence-corrected chi connectivity index (χ0v) is 20.8. The highest BCUT2D eigenvalue weighted by Crippen LogP contribution is 2.31. The van der Waals surface area contributed by atoms with Gasteiger partial charge in [-0.05, 0) is 77.7 Å². The highest BCUT2D eigenvalue weighted by atomic mass is 32.2. The lowest BCUT2D eigenvalue weighted by Gasteiger charge is -2.20. The molecule has 0 unspecified atom stereocenters. The van der Waals surface area contributed by atoms with Crippen LogP contribution in [-0.4, -0.2) is 31.5 Å². The van der Waals surface area contributed by atoms with Gasteiger partial charge < -0.3 is 4.57 Å². The third-order valence-electron chi connectivity index (χ3n) is 6.16. The molecule has 0 fully saturated rings. The van der Waals surface area contributed by atoms with Crippen LogP contribution in [0.3, 0.4) is 0 Å². The van der Waals surface area contributed by atoms with Gasteiger partial charge >= 0.3 is 0 Å². The quantitative estimate of drug-likeness (QED) is 0.344. The van der Waals surface area contributed by atoms with Crippen LogP contribution in [0.25, 0.3) is 22.5 Å². The van der Waals surface area contributed by atoms with E-state index < -0.39 is 5.91 Å². The van der Waals surface area contributed by atoms with Crippen molar-refractivity contribution in [3.8, 4) is 5.69 Å². The molecule has 1 amide bonds. The number of rotatable bonds is 4. The minimum absolute atomic E-state index is 0.0594. The summed E-state index contributed by atoms with van der Waals surface area (Å²) in [6.45, 7) is 4.08. The van der Waals surface area contributed by atoms with Gasteiger partial charge in [0.1, 0.15) is 5.04 Å². The molecule has 0 radical (unpaired) electrons. The summed E-state index contributed by atoms with van der Waals surface area (Å²) in [5.41, 5.74) is 4.24. The van der Waals surface area contributed by atoms with Crippen molar-refractivity contribution in [3.05, 3.63) is 93.4 Å². The standard InChI is InChI=1S/C27H21N5OS2/c1-16-12-20(17(2)31(16)21-10-9-18-6-3-4-7-19(18)13-21)14-23-25(28)32-27(29-26(23)33)35-24(30-32)15-22-8-5-11-34-22/h3-14,28H,15H2,1-2H3/b23-14+,28-25?. The summed E-state index contributed by atoms with van der Waals surface area (Å²) >= 11 is 3.02. The van der Waals surface area contributed by atoms with Gasteiger partial charge in [-0.25, -0.2) is 0 Å². The summed E-state index contributed by atoms with van der Waals surface area (Å²) in [6.07, 6.45) is 2.44. The molecule has 6 nitrogen and oxygen atoms in total. The number of thiophene rings is 1. The van der Waals surface area contributed by atoms with E-state index in [0.29, 0.717) is 11.6 Å². The van der Waals surface area contributed by atoms with Gasteiger partial charge in [-0.3, -0.25) is 10.2 Å². The number of aliphatic imine (C=N–C) groups is 1. The van der Waals surface area contributed by atoms with E-state index in [4.69, 9.17) is 5.41 Å². The van der Waals surface area contributed by atoms with E-state index in [1.54, 1.807) is 17.4 Å². The van der Waals surface area contributed by atoms with E-state index >= 15 is 0 Å². The number of amidine groups is 2. The van der Waals surface area contributed by atoms with Crippen molar-refractivity contribution in [3.63, 3.8) is 0 Å². The third kappa shape index (κ3) is 3.84. The van der Waals surface area contributed by atoms with Crippen LogP contribution < -0.4 is 0 Å². The normalized spacial score (nSPS) is 16.7. The maximum Gasteiger partial charge on any atom is 0.283 e. The minimum Gasteiger partial charge on any atom is -0.318 e. The first-order valence-electron chi connectivity index (χ1n) is 11.2. The van der Waals surface area contributed by atoms with Crippen molar-refractivity contribution in [2.75, 3.05) is 0 Å². The Morgan fingerprint density at radius 3 is 2.66 bits per heavy atom. The van der Waals surface area contributed by atoms with Crippen molar-refractivity contribution >= 4 is 61.9 Å². The number of nitrogens with zero attached hydrogens (tertiary/aromatic N) is 4. The van der Waals surface area contributed by atoms with Gasteiger partial charge in [-0.15, -0.1) is 11.3 Å². The predicted octanol–water partition coefficient (Wildman–Crippen LogP) is 6.17. The Balaban J connectivity index is 1.34. The number of fused-ring (bicyclic) bond motifs is 2. The smallest absolute Gasteiger partial charge is 0.283 e. The van der Waals surface area contributed by atoms with E-state index in [9.17, 15) is 4.79 Å². The number of aromatic nitrogens is 1. The molecular formula is C27H21N5OS2. The van der Waals surface area contributed by atoms with Gasteiger partial charge in [0, 0.05) is 28.4 Å². The van der Waals surface area contributed by atoms with Crippen LogP contribution in [0.1, 0.15) is 21.8 Å². The summed E-state index contributed by atoms with van der Waals surface area (Å²) in [6, 6.07) is 20.8. The highest BCUT2D eigenvalue weighted by molar-refractivity contribution is 8.27. The summed E-state index contributed by atoms with van der Waals surface area (Å²) in [7, 11) is 0. The van der Waals surface area contributed by atoms with Crippen LogP contribution in [0.5, 0.6) is 0 Å². The Kier molecular flexibility index (Phi) is 5.27. The van der Waals surface area contributed by atoms with Crippen LogP contribution in [0.4, 0.5) is 0 Å². The van der Waals surface area contributed by atoms with Crippen LogP contribution >= 0.6 is 23.1 Å². The Morgan fingerprint density at radius 1 is 1.03 bits per heavy atom. The average Bonchev–Trinajstić information content (AvgIpc) is 3.56. The Labute approximate surface area is 210 Å². The van der Waals surface area contributed by atoms with Crippen LogP contribution in [0.15, 0.2) is 81.7 Å². The molecule has 2 aliphatic heterocycles. The summed E-state index contributed by atoms with van der Waals surface area (Å²) < 4.78 is 2.17. The second-order valence-corrected chi connectivity index (χ2v) is 10.5. The molecule has 6 rings (SSSR count). The molecule has 0 bridgehead atoms. The number of amides is 1. The fourth-order valence-corrected chi connectivity index (χ4v) is 6.18. The van der Waals surface area contributed by atoms with E-state index in [1.807, 2.05) is 43.5 Å². The number of carbonyl (C=O) groups excluding carboxylic acids is 1. The average molecular weight is 496 g/mol. The molecule has 4 heterocycles. The van der Waals surface area contributed by atoms with E-state index in [-0.39, 0.29) is 11.4 Å². The van der Waals surface area contributed by atoms with Crippen LogP contribution in [0, 0.1) is 19.3 Å². The molecule has 172 valence electrons. The number of aryl methyl sites for hydroxylation is 1. The first-order valence-corrected chi connectivity index (χ1v) is 12.9. The maximum atomic E-state index is 12.9. The van der Waals surface area contributed by atoms with Gasteiger partial charge in [-0.2, -0.15) is 15.1 Å². The number of carbonyl (C=O) groups is 1. The number of hydrogen-bond acceptors (Lipinski definition) is 5. The number of nitrogens with one attached hydrogen (secondary N) is 1. The van der Waals surface area contributed by atoms with E-state index in [1.165, 1.54) is 32.4 Å². The lowest BCUT2D eigenvalue weighted by Crippen LogP contribution is -2.35. The summed E-state index contributed by atoms with van der Waals surface area (Å²) in [4.78, 5) is 18.3. The molecule has 0 aliphatic carbocycles. The molecule has 0 saturated heterocycles. The zero-order chi connectivity index (χ0) is 24.1. The lowest BCUT2D eigenvalue weighted by molar-refractivity contribution is -0.114. The summed E-state index contributed by atoms with van der Waals surface area (Å²) in [5, 5.41) is 20.4. The third-order valence-corrected chi connectivity index (χ3v) is 7.95. The number of thioether (sulfide) groups is 1. The van der Waals surface area contributed by atoms with E-state index in [2.05, 4.69) is 51.1 Å². The van der Waals surface area contributed by atoms with Crippen molar-refractivity contribution in [2.24, 2.45) is 10.1 Å². The van der Waals surface area contributed by atoms with E-state index in [0.717, 1.165) is 27.7 Å². The van der Waals surface area contributed by atoms with Crippen molar-refractivity contribution in [2.45, 2.75) is 20.3 Å². The molecule has 2 aromatic heterocycles. The SMILES string of the molecule is Cc1cc(/C=C2\C(=N)N3N=C(Cc4cccs4)SC3=NC2=O)c(C)n1-c1ccc2ccccc2c1.